The fourth-order valence-corrected chi connectivity index (χ4v) is 2.71. The fourth-order valence-electron chi connectivity index (χ4n) is 2.60. The van der Waals surface area contributed by atoms with Gasteiger partial charge in [0.2, 0.25) is 0 Å². The van der Waals surface area contributed by atoms with Crippen LogP contribution < -0.4 is 5.73 Å². The van der Waals surface area contributed by atoms with Gasteiger partial charge in [-0.25, -0.2) is 4.39 Å². The van der Waals surface area contributed by atoms with Crippen LogP contribution in [0.25, 0.3) is 0 Å². The summed E-state index contributed by atoms with van der Waals surface area (Å²) in [6, 6.07) is 5.35. The lowest BCUT2D eigenvalue weighted by molar-refractivity contribution is 0.145. The van der Waals surface area contributed by atoms with Crippen LogP contribution >= 0.6 is 11.6 Å². The van der Waals surface area contributed by atoms with Crippen molar-refractivity contribution in [2.24, 2.45) is 11.7 Å². The highest BCUT2D eigenvalue weighted by Crippen LogP contribution is 2.22. The van der Waals surface area contributed by atoms with Crippen molar-refractivity contribution in [3.63, 3.8) is 0 Å². The highest BCUT2D eigenvalue weighted by molar-refractivity contribution is 6.30. The van der Waals surface area contributed by atoms with Crippen molar-refractivity contribution in [3.05, 3.63) is 34.6 Å². The molecule has 0 aromatic heterocycles. The average Bonchev–Trinajstić information content (AvgIpc) is 2.36. The van der Waals surface area contributed by atoms with Crippen LogP contribution in [-0.4, -0.2) is 24.0 Å². The van der Waals surface area contributed by atoms with Crippen molar-refractivity contribution in [2.75, 3.05) is 13.1 Å². The third-order valence-electron chi connectivity index (χ3n) is 3.79. The summed E-state index contributed by atoms with van der Waals surface area (Å²) in [6.45, 7) is 4.94. The van der Waals surface area contributed by atoms with Gasteiger partial charge in [-0.15, -0.1) is 0 Å². The number of nitrogens with zero attached hydrogens (tertiary/aromatic N) is 1. The van der Waals surface area contributed by atoms with E-state index in [1.165, 1.54) is 6.07 Å². The molecule has 0 radical (unpaired) electrons. The van der Waals surface area contributed by atoms with E-state index in [0.29, 0.717) is 12.0 Å². The van der Waals surface area contributed by atoms with Crippen LogP contribution in [0, 0.1) is 11.7 Å². The molecule has 1 aromatic carbocycles. The highest BCUT2D eigenvalue weighted by Gasteiger charge is 2.25. The van der Waals surface area contributed by atoms with E-state index in [4.69, 9.17) is 17.3 Å². The molecule has 100 valence electrons. The minimum Gasteiger partial charge on any atom is -0.327 e. The Hall–Kier alpha value is -0.640. The number of rotatable bonds is 3. The van der Waals surface area contributed by atoms with Gasteiger partial charge in [-0.2, -0.15) is 0 Å². The number of piperidine rings is 1. The standard InChI is InChI=1S/C14H20ClFN2/c1-2-11-9-18(6-5-14(11)17)8-10-3-4-12(15)13(16)7-10/h3-4,7,11,14H,2,5-6,8-9,17H2,1H3. The predicted molar refractivity (Wildman–Crippen MR) is 73.1 cm³/mol. The molecule has 2 rings (SSSR count). The molecular formula is C14H20ClFN2. The SMILES string of the molecule is CCC1CN(Cc2ccc(Cl)c(F)c2)CCC1N. The molecular weight excluding hydrogens is 251 g/mol. The maximum atomic E-state index is 13.4. The summed E-state index contributed by atoms with van der Waals surface area (Å²) in [4.78, 5) is 2.35. The first-order valence-electron chi connectivity index (χ1n) is 6.52. The molecule has 4 heteroatoms. The molecule has 2 unspecified atom stereocenters. The maximum absolute atomic E-state index is 13.4. The minimum absolute atomic E-state index is 0.186. The van der Waals surface area contributed by atoms with Crippen molar-refractivity contribution in [1.29, 1.82) is 0 Å². The van der Waals surface area contributed by atoms with Gasteiger partial charge in [0.25, 0.3) is 0 Å². The fraction of sp³-hybridized carbons (Fsp3) is 0.571. The molecule has 1 fully saturated rings. The van der Waals surface area contributed by atoms with Crippen molar-refractivity contribution in [1.82, 2.24) is 4.90 Å². The summed E-state index contributed by atoms with van der Waals surface area (Å²) in [5, 5.41) is 0.186. The first-order chi connectivity index (χ1) is 8.60. The second-order valence-corrected chi connectivity index (χ2v) is 5.51. The molecule has 1 aromatic rings. The number of likely N-dealkylation sites (tertiary alicyclic amines) is 1. The molecule has 2 atom stereocenters. The Labute approximate surface area is 113 Å². The third kappa shape index (κ3) is 3.22. The molecule has 2 N–H and O–H groups in total. The third-order valence-corrected chi connectivity index (χ3v) is 4.10. The van der Waals surface area contributed by atoms with Gasteiger partial charge in [-0.3, -0.25) is 4.90 Å². The molecule has 0 amide bonds. The van der Waals surface area contributed by atoms with Gasteiger partial charge in [0.1, 0.15) is 5.82 Å². The number of hydrogen-bond donors (Lipinski definition) is 1. The molecule has 1 aliphatic rings. The van der Waals surface area contributed by atoms with E-state index < -0.39 is 0 Å². The van der Waals surface area contributed by atoms with E-state index in [2.05, 4.69) is 11.8 Å². The first kappa shape index (κ1) is 13.8. The van der Waals surface area contributed by atoms with Crippen molar-refractivity contribution in [3.8, 4) is 0 Å². The number of nitrogens with two attached hydrogens (primary N) is 1. The van der Waals surface area contributed by atoms with E-state index in [1.807, 2.05) is 6.07 Å². The quantitative estimate of drug-likeness (QED) is 0.915. The van der Waals surface area contributed by atoms with Gasteiger partial charge in [0.05, 0.1) is 5.02 Å². The normalized spacial score (nSPS) is 25.3. The van der Waals surface area contributed by atoms with Crippen LogP contribution in [0.5, 0.6) is 0 Å². The molecule has 0 bridgehead atoms. The summed E-state index contributed by atoms with van der Waals surface area (Å²) < 4.78 is 13.4. The van der Waals surface area contributed by atoms with E-state index in [1.54, 1.807) is 6.07 Å². The van der Waals surface area contributed by atoms with Crippen LogP contribution in [-0.2, 0) is 6.54 Å². The van der Waals surface area contributed by atoms with Crippen molar-refractivity contribution < 1.29 is 4.39 Å². The lowest BCUT2D eigenvalue weighted by Crippen LogP contribution is -2.46. The van der Waals surface area contributed by atoms with Crippen LogP contribution in [0.4, 0.5) is 4.39 Å². The van der Waals surface area contributed by atoms with Crippen molar-refractivity contribution >= 4 is 11.6 Å². The van der Waals surface area contributed by atoms with Gasteiger partial charge in [-0.05, 0) is 36.6 Å². The van der Waals surface area contributed by atoms with E-state index in [-0.39, 0.29) is 10.8 Å². The second-order valence-electron chi connectivity index (χ2n) is 5.10. The lowest BCUT2D eigenvalue weighted by atomic mass is 9.90. The van der Waals surface area contributed by atoms with Gasteiger partial charge in [-0.1, -0.05) is 31.0 Å². The Morgan fingerprint density at radius 2 is 2.28 bits per heavy atom. The smallest absolute Gasteiger partial charge is 0.142 e. The van der Waals surface area contributed by atoms with Crippen LogP contribution in [0.2, 0.25) is 5.02 Å². The Kier molecular flexibility index (Phi) is 4.60. The molecule has 0 aliphatic carbocycles. The molecule has 18 heavy (non-hydrogen) atoms. The predicted octanol–water partition coefficient (Wildman–Crippen LogP) is 3.04. The second kappa shape index (κ2) is 6.00. The Morgan fingerprint density at radius 1 is 1.50 bits per heavy atom. The topological polar surface area (TPSA) is 29.3 Å². The van der Waals surface area contributed by atoms with E-state index in [9.17, 15) is 4.39 Å². The van der Waals surface area contributed by atoms with Crippen LogP contribution in [0.15, 0.2) is 18.2 Å². The van der Waals surface area contributed by atoms with Crippen LogP contribution in [0.3, 0.4) is 0 Å². The summed E-state index contributed by atoms with van der Waals surface area (Å²) in [7, 11) is 0. The zero-order valence-corrected chi connectivity index (χ0v) is 11.5. The summed E-state index contributed by atoms with van der Waals surface area (Å²) in [5.41, 5.74) is 7.06. The molecule has 2 nitrogen and oxygen atoms in total. The molecule has 0 spiro atoms. The molecule has 1 saturated heterocycles. The van der Waals surface area contributed by atoms with E-state index in [0.717, 1.165) is 38.0 Å². The molecule has 1 aliphatic heterocycles. The Morgan fingerprint density at radius 3 is 2.94 bits per heavy atom. The van der Waals surface area contributed by atoms with E-state index >= 15 is 0 Å². The Balaban J connectivity index is 1.99. The maximum Gasteiger partial charge on any atom is 0.142 e. The summed E-state index contributed by atoms with van der Waals surface area (Å²) in [5.74, 6) is 0.214. The largest absolute Gasteiger partial charge is 0.327 e. The summed E-state index contributed by atoms with van der Waals surface area (Å²) >= 11 is 5.68. The zero-order valence-electron chi connectivity index (χ0n) is 10.7. The number of halogens is 2. The van der Waals surface area contributed by atoms with Gasteiger partial charge in [0.15, 0.2) is 0 Å². The molecule has 0 saturated carbocycles. The summed E-state index contributed by atoms with van der Waals surface area (Å²) in [6.07, 6.45) is 2.13. The monoisotopic (exact) mass is 270 g/mol. The number of benzene rings is 1. The van der Waals surface area contributed by atoms with Crippen LogP contribution in [0.1, 0.15) is 25.3 Å². The lowest BCUT2D eigenvalue weighted by Gasteiger charge is -2.36. The average molecular weight is 271 g/mol. The minimum atomic E-state index is -0.338. The van der Waals surface area contributed by atoms with Gasteiger partial charge >= 0.3 is 0 Å². The highest BCUT2D eigenvalue weighted by atomic mass is 35.5. The van der Waals surface area contributed by atoms with Crippen molar-refractivity contribution in [2.45, 2.75) is 32.4 Å². The van der Waals surface area contributed by atoms with Gasteiger partial charge in [0, 0.05) is 19.1 Å². The number of hydrogen-bond acceptors (Lipinski definition) is 2. The Bertz CT molecular complexity index is 411. The van der Waals surface area contributed by atoms with Gasteiger partial charge < -0.3 is 5.73 Å². The first-order valence-corrected chi connectivity index (χ1v) is 6.89. The zero-order chi connectivity index (χ0) is 13.1. The molecule has 1 heterocycles.